The summed E-state index contributed by atoms with van der Waals surface area (Å²) in [6, 6.07) is 4.47. The molecule has 0 unspecified atom stereocenters. The van der Waals surface area contributed by atoms with E-state index in [4.69, 9.17) is 4.74 Å². The zero-order valence-electron chi connectivity index (χ0n) is 9.66. The molecule has 1 rings (SSSR count). The van der Waals surface area contributed by atoms with Gasteiger partial charge in [0.25, 0.3) is 0 Å². The third-order valence-corrected chi connectivity index (χ3v) is 3.07. The van der Waals surface area contributed by atoms with Gasteiger partial charge in [0.15, 0.2) is 5.82 Å². The first kappa shape index (κ1) is 13.7. The average Bonchev–Trinajstić information content (AvgIpc) is 2.27. The standard InChI is InChI=1S/C12H13FO3S/c1-3-16-12(15)9-5-4-6-10(11(9)13)17-7-8(2)14/h4-6H,3,7H2,1-2H3. The number of carbonyl (C=O) groups is 2. The van der Waals surface area contributed by atoms with Gasteiger partial charge in [0.1, 0.15) is 5.78 Å². The molecule has 1 aromatic carbocycles. The predicted molar refractivity (Wildman–Crippen MR) is 63.8 cm³/mol. The van der Waals surface area contributed by atoms with Crippen LogP contribution in [0.2, 0.25) is 0 Å². The number of ketones is 1. The Kier molecular flexibility index (Phi) is 5.15. The first-order valence-corrected chi connectivity index (χ1v) is 6.12. The lowest BCUT2D eigenvalue weighted by Crippen LogP contribution is -2.08. The highest BCUT2D eigenvalue weighted by Crippen LogP contribution is 2.24. The molecule has 0 heterocycles. The maximum atomic E-state index is 13.9. The van der Waals surface area contributed by atoms with Crippen LogP contribution >= 0.6 is 11.8 Å². The quantitative estimate of drug-likeness (QED) is 0.600. The Bertz CT molecular complexity index is 432. The van der Waals surface area contributed by atoms with Crippen molar-refractivity contribution in [3.8, 4) is 0 Å². The van der Waals surface area contributed by atoms with Gasteiger partial charge in [-0.2, -0.15) is 0 Å². The van der Waals surface area contributed by atoms with E-state index in [0.717, 1.165) is 11.8 Å². The highest BCUT2D eigenvalue weighted by molar-refractivity contribution is 8.00. The van der Waals surface area contributed by atoms with E-state index < -0.39 is 11.8 Å². The predicted octanol–water partition coefficient (Wildman–Crippen LogP) is 2.68. The molecule has 0 aliphatic rings. The second-order valence-electron chi connectivity index (χ2n) is 3.33. The van der Waals surface area contributed by atoms with E-state index in [2.05, 4.69) is 0 Å². The summed E-state index contributed by atoms with van der Waals surface area (Å²) < 4.78 is 18.6. The molecule has 0 aliphatic heterocycles. The summed E-state index contributed by atoms with van der Waals surface area (Å²) in [5.74, 6) is -1.17. The minimum atomic E-state index is -0.685. The van der Waals surface area contributed by atoms with Gasteiger partial charge >= 0.3 is 5.97 Å². The van der Waals surface area contributed by atoms with Crippen LogP contribution in [0.25, 0.3) is 0 Å². The van der Waals surface area contributed by atoms with E-state index in [0.29, 0.717) is 0 Å². The summed E-state index contributed by atoms with van der Waals surface area (Å²) in [6.07, 6.45) is 0. The maximum absolute atomic E-state index is 13.9. The number of hydrogen-bond donors (Lipinski definition) is 0. The fourth-order valence-corrected chi connectivity index (χ4v) is 1.94. The SMILES string of the molecule is CCOC(=O)c1cccc(SCC(C)=O)c1F. The number of carbonyl (C=O) groups excluding carboxylic acids is 2. The smallest absolute Gasteiger partial charge is 0.341 e. The second kappa shape index (κ2) is 6.39. The summed E-state index contributed by atoms with van der Waals surface area (Å²) in [5.41, 5.74) is -0.0968. The Morgan fingerprint density at radius 1 is 1.41 bits per heavy atom. The summed E-state index contributed by atoms with van der Waals surface area (Å²) in [5, 5.41) is 0. The van der Waals surface area contributed by atoms with E-state index >= 15 is 0 Å². The molecule has 0 spiro atoms. The lowest BCUT2D eigenvalue weighted by atomic mass is 10.2. The van der Waals surface area contributed by atoms with Crippen molar-refractivity contribution in [2.24, 2.45) is 0 Å². The van der Waals surface area contributed by atoms with Crippen LogP contribution in [-0.2, 0) is 9.53 Å². The first-order chi connectivity index (χ1) is 8.06. The monoisotopic (exact) mass is 256 g/mol. The third-order valence-electron chi connectivity index (χ3n) is 1.89. The maximum Gasteiger partial charge on any atom is 0.341 e. The molecule has 3 nitrogen and oxygen atoms in total. The molecule has 0 saturated heterocycles. The molecule has 1 aromatic rings. The normalized spacial score (nSPS) is 10.1. The van der Waals surface area contributed by atoms with Gasteiger partial charge in [0.05, 0.1) is 17.9 Å². The molecule has 0 atom stereocenters. The van der Waals surface area contributed by atoms with Gasteiger partial charge in [-0.3, -0.25) is 4.79 Å². The van der Waals surface area contributed by atoms with Crippen LogP contribution in [-0.4, -0.2) is 24.1 Å². The molecule has 0 aliphatic carbocycles. The van der Waals surface area contributed by atoms with Crippen LogP contribution in [0.3, 0.4) is 0 Å². The van der Waals surface area contributed by atoms with Gasteiger partial charge in [0, 0.05) is 4.90 Å². The van der Waals surface area contributed by atoms with Crippen molar-refractivity contribution in [2.45, 2.75) is 18.7 Å². The number of Topliss-reactive ketones (excluding diaryl/α,β-unsaturated/α-hetero) is 1. The molecule has 17 heavy (non-hydrogen) atoms. The Morgan fingerprint density at radius 2 is 2.12 bits per heavy atom. The van der Waals surface area contributed by atoms with Crippen LogP contribution in [0.15, 0.2) is 23.1 Å². The van der Waals surface area contributed by atoms with Crippen molar-refractivity contribution >= 4 is 23.5 Å². The molecule has 0 fully saturated rings. The molecule has 0 amide bonds. The number of hydrogen-bond acceptors (Lipinski definition) is 4. The van der Waals surface area contributed by atoms with Gasteiger partial charge < -0.3 is 4.74 Å². The average molecular weight is 256 g/mol. The Labute approximate surface area is 103 Å². The number of rotatable bonds is 5. The minimum absolute atomic E-state index is 0.0454. The van der Waals surface area contributed by atoms with Gasteiger partial charge in [-0.1, -0.05) is 6.07 Å². The summed E-state index contributed by atoms with van der Waals surface area (Å²) in [4.78, 5) is 22.5. The van der Waals surface area contributed by atoms with Crippen molar-refractivity contribution in [3.63, 3.8) is 0 Å². The van der Waals surface area contributed by atoms with Crippen molar-refractivity contribution in [2.75, 3.05) is 12.4 Å². The highest BCUT2D eigenvalue weighted by Gasteiger charge is 2.16. The van der Waals surface area contributed by atoms with Crippen molar-refractivity contribution in [1.29, 1.82) is 0 Å². The highest BCUT2D eigenvalue weighted by atomic mass is 32.2. The van der Waals surface area contributed by atoms with Gasteiger partial charge in [0.2, 0.25) is 0 Å². The van der Waals surface area contributed by atoms with E-state index in [-0.39, 0.29) is 28.6 Å². The van der Waals surface area contributed by atoms with Gasteiger partial charge in [-0.05, 0) is 26.0 Å². The van der Waals surface area contributed by atoms with E-state index in [1.807, 2.05) is 0 Å². The molecule has 0 saturated carbocycles. The van der Waals surface area contributed by atoms with Crippen LogP contribution in [0.1, 0.15) is 24.2 Å². The van der Waals surface area contributed by atoms with E-state index in [1.54, 1.807) is 13.0 Å². The van der Waals surface area contributed by atoms with Gasteiger partial charge in [-0.15, -0.1) is 11.8 Å². The largest absolute Gasteiger partial charge is 0.462 e. The van der Waals surface area contributed by atoms with Crippen molar-refractivity contribution in [3.05, 3.63) is 29.6 Å². The van der Waals surface area contributed by atoms with E-state index in [1.165, 1.54) is 19.1 Å². The summed E-state index contributed by atoms with van der Waals surface area (Å²) in [6.45, 7) is 3.29. The van der Waals surface area contributed by atoms with Crippen molar-refractivity contribution in [1.82, 2.24) is 0 Å². The lowest BCUT2D eigenvalue weighted by Gasteiger charge is -2.06. The van der Waals surface area contributed by atoms with Crippen LogP contribution < -0.4 is 0 Å². The van der Waals surface area contributed by atoms with Gasteiger partial charge in [-0.25, -0.2) is 9.18 Å². The second-order valence-corrected chi connectivity index (χ2v) is 4.35. The fraction of sp³-hybridized carbons (Fsp3) is 0.333. The zero-order chi connectivity index (χ0) is 12.8. The van der Waals surface area contributed by atoms with E-state index in [9.17, 15) is 14.0 Å². The Hall–Kier alpha value is -1.36. The Morgan fingerprint density at radius 3 is 2.71 bits per heavy atom. The molecule has 92 valence electrons. The number of halogens is 1. The molecule has 0 aromatic heterocycles. The topological polar surface area (TPSA) is 43.4 Å². The molecular weight excluding hydrogens is 243 g/mol. The van der Waals surface area contributed by atoms with Crippen LogP contribution in [0.4, 0.5) is 4.39 Å². The molecule has 0 N–H and O–H groups in total. The number of ether oxygens (including phenoxy) is 1. The molecule has 5 heteroatoms. The number of esters is 1. The minimum Gasteiger partial charge on any atom is -0.462 e. The Balaban J connectivity index is 2.90. The van der Waals surface area contributed by atoms with Crippen LogP contribution in [0.5, 0.6) is 0 Å². The number of benzene rings is 1. The van der Waals surface area contributed by atoms with Crippen molar-refractivity contribution < 1.29 is 18.7 Å². The summed E-state index contributed by atoms with van der Waals surface area (Å²) >= 11 is 1.07. The fourth-order valence-electron chi connectivity index (χ4n) is 1.17. The summed E-state index contributed by atoms with van der Waals surface area (Å²) in [7, 11) is 0. The zero-order valence-corrected chi connectivity index (χ0v) is 10.5. The first-order valence-electron chi connectivity index (χ1n) is 5.14. The lowest BCUT2D eigenvalue weighted by molar-refractivity contribution is -0.114. The molecule has 0 bridgehead atoms. The number of thioether (sulfide) groups is 1. The molecule has 0 radical (unpaired) electrons. The molecular formula is C12H13FO3S. The third kappa shape index (κ3) is 3.85. The van der Waals surface area contributed by atoms with Crippen LogP contribution in [0, 0.1) is 5.82 Å².